The minimum absolute atomic E-state index is 0.0347. The van der Waals surface area contributed by atoms with E-state index in [9.17, 15) is 4.79 Å². The van der Waals surface area contributed by atoms with Crippen molar-refractivity contribution in [2.24, 2.45) is 0 Å². The Morgan fingerprint density at radius 3 is 1.82 bits per heavy atom. The van der Waals surface area contributed by atoms with Gasteiger partial charge in [-0.3, -0.25) is 10.1 Å². The molecule has 2 rings (SSSR count). The van der Waals surface area contributed by atoms with Gasteiger partial charge in [0.05, 0.1) is 11.4 Å². The van der Waals surface area contributed by atoms with Gasteiger partial charge in [0.15, 0.2) is 0 Å². The summed E-state index contributed by atoms with van der Waals surface area (Å²) < 4.78 is 0. The van der Waals surface area contributed by atoms with Crippen LogP contribution >= 0.6 is 35.0 Å². The van der Waals surface area contributed by atoms with Crippen molar-refractivity contribution in [1.29, 1.82) is 0 Å². The molecule has 1 aliphatic heterocycles. The summed E-state index contributed by atoms with van der Waals surface area (Å²) >= 11 is 14.3. The highest BCUT2D eigenvalue weighted by Gasteiger charge is 2.32. The van der Waals surface area contributed by atoms with Crippen molar-refractivity contribution >= 4 is 40.9 Å². The maximum absolute atomic E-state index is 12.5. The molecule has 0 radical (unpaired) electrons. The average molecular weight is 530 g/mol. The summed E-state index contributed by atoms with van der Waals surface area (Å²) in [5.74, 6) is 0.816. The van der Waals surface area contributed by atoms with Crippen molar-refractivity contribution < 1.29 is 4.79 Å². The summed E-state index contributed by atoms with van der Waals surface area (Å²) in [6.07, 6.45) is 21.8. The first-order valence-electron chi connectivity index (χ1n) is 13.7. The number of carbonyl (C=O) groups is 1. The molecule has 0 aromatic heterocycles. The van der Waals surface area contributed by atoms with Crippen LogP contribution in [0.25, 0.3) is 0 Å². The van der Waals surface area contributed by atoms with Crippen molar-refractivity contribution in [2.75, 3.05) is 12.3 Å². The van der Waals surface area contributed by atoms with E-state index in [1.807, 2.05) is 18.2 Å². The zero-order valence-corrected chi connectivity index (χ0v) is 23.5. The molecule has 34 heavy (non-hydrogen) atoms. The van der Waals surface area contributed by atoms with Crippen molar-refractivity contribution in [3.8, 4) is 0 Å². The zero-order valence-electron chi connectivity index (χ0n) is 21.2. The van der Waals surface area contributed by atoms with Crippen LogP contribution in [0.4, 0.5) is 0 Å². The van der Waals surface area contributed by atoms with Gasteiger partial charge in [0.25, 0.3) is 0 Å². The first kappa shape index (κ1) is 29.8. The lowest BCUT2D eigenvalue weighted by molar-refractivity contribution is -0.122. The Hall–Kier alpha value is -0.420. The van der Waals surface area contributed by atoms with Gasteiger partial charge in [0.1, 0.15) is 0 Å². The van der Waals surface area contributed by atoms with Crippen LogP contribution in [0.2, 0.25) is 10.0 Å². The van der Waals surface area contributed by atoms with Crippen LogP contribution in [0.5, 0.6) is 0 Å². The molecule has 1 unspecified atom stereocenters. The predicted octanol–water partition coefficient (Wildman–Crippen LogP) is 9.07. The number of rotatable bonds is 19. The van der Waals surface area contributed by atoms with Crippen molar-refractivity contribution in [2.45, 2.75) is 121 Å². The number of amides is 1. The minimum atomic E-state index is -0.191. The fraction of sp³-hybridized carbons (Fsp3) is 0.750. The number of benzene rings is 1. The predicted molar refractivity (Wildman–Crippen MR) is 151 cm³/mol. The monoisotopic (exact) mass is 528 g/mol. The molecule has 1 aromatic rings. The van der Waals surface area contributed by atoms with Gasteiger partial charge >= 0.3 is 0 Å². The molecule has 194 valence electrons. The third-order valence-electron chi connectivity index (χ3n) is 6.69. The molecule has 1 aromatic carbocycles. The van der Waals surface area contributed by atoms with Crippen LogP contribution < -0.4 is 10.6 Å². The zero-order chi connectivity index (χ0) is 24.4. The van der Waals surface area contributed by atoms with E-state index in [0.29, 0.717) is 10.0 Å². The molecular weight excluding hydrogens is 483 g/mol. The second-order valence-corrected chi connectivity index (χ2v) is 11.6. The van der Waals surface area contributed by atoms with Crippen molar-refractivity contribution in [3.05, 3.63) is 33.8 Å². The van der Waals surface area contributed by atoms with E-state index in [-0.39, 0.29) is 17.3 Å². The summed E-state index contributed by atoms with van der Waals surface area (Å²) in [5, 5.41) is 7.73. The first-order chi connectivity index (χ1) is 16.6. The Kier molecular flexibility index (Phi) is 16.5. The Morgan fingerprint density at radius 1 is 0.853 bits per heavy atom. The van der Waals surface area contributed by atoms with Gasteiger partial charge in [-0.2, -0.15) is 0 Å². The van der Waals surface area contributed by atoms with Gasteiger partial charge in [-0.1, -0.05) is 133 Å². The maximum atomic E-state index is 12.5. The molecule has 3 nitrogen and oxygen atoms in total. The maximum Gasteiger partial charge on any atom is 0.238 e. The van der Waals surface area contributed by atoms with Gasteiger partial charge in [-0.05, 0) is 18.6 Å². The van der Waals surface area contributed by atoms with Gasteiger partial charge in [-0.25, -0.2) is 0 Å². The van der Waals surface area contributed by atoms with Gasteiger partial charge in [0, 0.05) is 27.9 Å². The lowest BCUT2D eigenvalue weighted by Crippen LogP contribution is -2.42. The highest BCUT2D eigenvalue weighted by atomic mass is 35.5. The molecule has 0 spiro atoms. The quantitative estimate of drug-likeness (QED) is 0.176. The van der Waals surface area contributed by atoms with Crippen LogP contribution in [0, 0.1) is 0 Å². The van der Waals surface area contributed by atoms with Crippen LogP contribution in [0.15, 0.2) is 18.2 Å². The summed E-state index contributed by atoms with van der Waals surface area (Å²) in [6.45, 7) is 3.04. The Labute approximate surface area is 222 Å². The summed E-state index contributed by atoms with van der Waals surface area (Å²) in [7, 11) is 0. The standard InChI is InChI=1S/C28H46Cl2N2OS/c1-2-3-4-5-6-7-8-9-10-11-12-13-14-15-16-17-21-31-27(33)25-22-34-28(32-25)26-23(29)19-18-20-24(26)30/h18-20,25,28,32H,2-17,21-22H2,1H3,(H,31,33)/t25-,28?/m0/s1. The Bertz CT molecular complexity index is 668. The van der Waals surface area contributed by atoms with Crippen molar-refractivity contribution in [1.82, 2.24) is 10.6 Å². The molecular formula is C28H46Cl2N2OS. The molecule has 0 aliphatic carbocycles. The number of carbonyl (C=O) groups excluding carboxylic acids is 1. The minimum Gasteiger partial charge on any atom is -0.355 e. The topological polar surface area (TPSA) is 41.1 Å². The van der Waals surface area contributed by atoms with Crippen LogP contribution in [0.1, 0.15) is 121 Å². The molecule has 6 heteroatoms. The van der Waals surface area contributed by atoms with Crippen molar-refractivity contribution in [3.63, 3.8) is 0 Å². The Morgan fingerprint density at radius 2 is 1.32 bits per heavy atom. The molecule has 1 heterocycles. The third-order valence-corrected chi connectivity index (χ3v) is 8.58. The van der Waals surface area contributed by atoms with Gasteiger partial charge in [-0.15, -0.1) is 11.8 Å². The molecule has 1 aliphatic rings. The number of hydrogen-bond acceptors (Lipinski definition) is 3. The van der Waals surface area contributed by atoms with Gasteiger partial charge < -0.3 is 5.32 Å². The molecule has 0 saturated carbocycles. The second kappa shape index (κ2) is 18.8. The molecule has 1 fully saturated rings. The van der Waals surface area contributed by atoms with E-state index in [4.69, 9.17) is 23.2 Å². The average Bonchev–Trinajstić information content (AvgIpc) is 3.31. The number of halogens is 2. The Balaban J connectivity index is 1.38. The number of unbranched alkanes of at least 4 members (excludes halogenated alkanes) is 15. The summed E-state index contributed by atoms with van der Waals surface area (Å²) in [6, 6.07) is 5.34. The van der Waals surface area contributed by atoms with Gasteiger partial charge in [0.2, 0.25) is 5.91 Å². The van der Waals surface area contributed by atoms with E-state index in [0.717, 1.165) is 24.3 Å². The summed E-state index contributed by atoms with van der Waals surface area (Å²) in [5.41, 5.74) is 0.879. The fourth-order valence-electron chi connectivity index (χ4n) is 4.56. The SMILES string of the molecule is CCCCCCCCCCCCCCCCCCNC(=O)[C@@H]1CSC(c2c(Cl)cccc2Cl)N1. The van der Waals surface area contributed by atoms with E-state index in [2.05, 4.69) is 17.6 Å². The lowest BCUT2D eigenvalue weighted by atomic mass is 10.0. The molecule has 0 bridgehead atoms. The molecule has 1 amide bonds. The van der Waals surface area contributed by atoms with E-state index in [1.54, 1.807) is 11.8 Å². The largest absolute Gasteiger partial charge is 0.355 e. The highest BCUT2D eigenvalue weighted by Crippen LogP contribution is 2.40. The smallest absolute Gasteiger partial charge is 0.238 e. The highest BCUT2D eigenvalue weighted by molar-refractivity contribution is 7.99. The normalized spacial score (nSPS) is 17.9. The van der Waals surface area contributed by atoms with E-state index in [1.165, 1.54) is 96.3 Å². The van der Waals surface area contributed by atoms with Crippen LogP contribution in [-0.4, -0.2) is 24.2 Å². The molecule has 2 N–H and O–H groups in total. The van der Waals surface area contributed by atoms with E-state index >= 15 is 0 Å². The van der Waals surface area contributed by atoms with E-state index < -0.39 is 0 Å². The first-order valence-corrected chi connectivity index (χ1v) is 15.5. The number of thioether (sulfide) groups is 1. The lowest BCUT2D eigenvalue weighted by Gasteiger charge is -2.16. The second-order valence-electron chi connectivity index (χ2n) is 9.66. The summed E-state index contributed by atoms with van der Waals surface area (Å²) in [4.78, 5) is 12.5. The fourth-order valence-corrected chi connectivity index (χ4v) is 6.62. The third kappa shape index (κ3) is 12.0. The number of nitrogens with one attached hydrogen (secondary N) is 2. The number of hydrogen-bond donors (Lipinski definition) is 2. The van der Waals surface area contributed by atoms with Crippen LogP contribution in [0.3, 0.4) is 0 Å². The van der Waals surface area contributed by atoms with Crippen LogP contribution in [-0.2, 0) is 4.79 Å². The molecule has 2 atom stereocenters. The molecule has 1 saturated heterocycles.